The summed E-state index contributed by atoms with van der Waals surface area (Å²) in [5.41, 5.74) is 0. The maximum Gasteiger partial charge on any atom is 0.266 e. The van der Waals surface area contributed by atoms with Crippen molar-refractivity contribution in [3.05, 3.63) is 0 Å². The summed E-state index contributed by atoms with van der Waals surface area (Å²) in [4.78, 5) is 13.2. The van der Waals surface area contributed by atoms with Gasteiger partial charge in [0, 0.05) is 20.0 Å². The van der Waals surface area contributed by atoms with E-state index in [1.165, 1.54) is 62.7 Å². The monoisotopic (exact) mass is 363 g/mol. The molecule has 0 aromatic rings. The van der Waals surface area contributed by atoms with Gasteiger partial charge in [0.15, 0.2) is 0 Å². The summed E-state index contributed by atoms with van der Waals surface area (Å²) >= 11 is 0. The number of carbonyl (C=O) groups is 1. The van der Waals surface area contributed by atoms with E-state index in [0.717, 1.165) is 19.3 Å². The van der Waals surface area contributed by atoms with Gasteiger partial charge in [0.1, 0.15) is 0 Å². The van der Waals surface area contributed by atoms with Crippen molar-refractivity contribution in [3.63, 3.8) is 0 Å². The first-order valence-corrected chi connectivity index (χ1v) is 11.2. The molecule has 0 aliphatic heterocycles. The maximum atomic E-state index is 11.8. The van der Waals surface area contributed by atoms with Crippen molar-refractivity contribution in [1.29, 1.82) is 0 Å². The van der Waals surface area contributed by atoms with Crippen molar-refractivity contribution in [2.75, 3.05) is 19.3 Å². The first-order chi connectivity index (χ1) is 11.4. The Morgan fingerprint density at radius 1 is 0.833 bits per heavy atom. The van der Waals surface area contributed by atoms with Gasteiger partial charge in [0.05, 0.1) is 5.75 Å². The Kier molecular flexibility index (Phi) is 14.3. The van der Waals surface area contributed by atoms with Gasteiger partial charge in [-0.05, 0) is 6.42 Å². The van der Waals surface area contributed by atoms with E-state index < -0.39 is 15.9 Å². The molecule has 5 nitrogen and oxygen atoms in total. The minimum absolute atomic E-state index is 0.0503. The molecular weight excluding hydrogens is 326 g/mol. The Labute approximate surface area is 148 Å². The molecule has 0 rings (SSSR count). The Bertz CT molecular complexity index is 409. The summed E-state index contributed by atoms with van der Waals surface area (Å²) in [7, 11) is -2.42. The molecule has 0 unspecified atom stereocenters. The molecule has 0 aliphatic carbocycles. The molecular formula is C18H37NO4S. The number of hydrogen-bond acceptors (Lipinski definition) is 3. The highest BCUT2D eigenvalue weighted by Gasteiger charge is 2.12. The average molecular weight is 364 g/mol. The molecule has 6 heteroatoms. The van der Waals surface area contributed by atoms with Crippen LogP contribution in [0.5, 0.6) is 0 Å². The van der Waals surface area contributed by atoms with Gasteiger partial charge in [-0.2, -0.15) is 8.42 Å². The second kappa shape index (κ2) is 14.7. The number of nitrogens with zero attached hydrogens (tertiary/aromatic N) is 1. The summed E-state index contributed by atoms with van der Waals surface area (Å²) in [6.07, 6.45) is 15.5. The maximum absolute atomic E-state index is 11.8. The van der Waals surface area contributed by atoms with Crippen molar-refractivity contribution < 1.29 is 17.8 Å². The lowest BCUT2D eigenvalue weighted by molar-refractivity contribution is -0.129. The number of rotatable bonds is 16. The molecule has 24 heavy (non-hydrogen) atoms. The molecule has 144 valence electrons. The molecule has 0 aromatic heterocycles. The van der Waals surface area contributed by atoms with Crippen molar-refractivity contribution in [1.82, 2.24) is 4.90 Å². The van der Waals surface area contributed by atoms with Gasteiger partial charge in [-0.25, -0.2) is 0 Å². The fourth-order valence-corrected chi connectivity index (χ4v) is 3.19. The Morgan fingerprint density at radius 3 is 1.67 bits per heavy atom. The van der Waals surface area contributed by atoms with Crippen molar-refractivity contribution in [3.8, 4) is 0 Å². The predicted octanol–water partition coefficient (Wildman–Crippen LogP) is 4.42. The lowest BCUT2D eigenvalue weighted by atomic mass is 10.0. The van der Waals surface area contributed by atoms with Crippen LogP contribution in [0.2, 0.25) is 0 Å². The van der Waals surface area contributed by atoms with Crippen molar-refractivity contribution >= 4 is 16.0 Å². The summed E-state index contributed by atoms with van der Waals surface area (Å²) < 4.78 is 30.0. The van der Waals surface area contributed by atoms with Crippen LogP contribution in [0.4, 0.5) is 0 Å². The predicted molar refractivity (Wildman–Crippen MR) is 99.7 cm³/mol. The zero-order valence-electron chi connectivity index (χ0n) is 15.6. The Hall–Kier alpha value is -0.620. The largest absolute Gasteiger partial charge is 0.345 e. The second-order valence-electron chi connectivity index (χ2n) is 6.74. The van der Waals surface area contributed by atoms with Crippen LogP contribution >= 0.6 is 0 Å². The zero-order chi connectivity index (χ0) is 18.3. The summed E-state index contributed by atoms with van der Waals surface area (Å²) in [5, 5.41) is 0. The third-order valence-corrected chi connectivity index (χ3v) is 5.05. The van der Waals surface area contributed by atoms with Gasteiger partial charge in [0.2, 0.25) is 5.91 Å². The van der Waals surface area contributed by atoms with Gasteiger partial charge in [0.25, 0.3) is 10.1 Å². The third-order valence-electron chi connectivity index (χ3n) is 4.35. The summed E-state index contributed by atoms with van der Waals surface area (Å²) in [5.74, 6) is -0.445. The standard InChI is InChI=1S/C18H37NO4S/c1-3-4-5-6-7-8-9-10-11-12-13-14-15-18(20)19(2)16-17-24(21,22)23/h3-17H2,1-2H3,(H,21,22,23). The highest BCUT2D eigenvalue weighted by Crippen LogP contribution is 2.12. The minimum Gasteiger partial charge on any atom is -0.345 e. The SMILES string of the molecule is CCCCCCCCCCCCCCC(=O)N(C)CCS(=O)(=O)O. The molecule has 0 aromatic carbocycles. The summed E-state index contributed by atoms with van der Waals surface area (Å²) in [6.45, 7) is 2.29. The first kappa shape index (κ1) is 23.4. The van der Waals surface area contributed by atoms with E-state index in [0.29, 0.717) is 6.42 Å². The van der Waals surface area contributed by atoms with Crippen LogP contribution in [0.3, 0.4) is 0 Å². The van der Waals surface area contributed by atoms with Crippen LogP contribution in [0.25, 0.3) is 0 Å². The normalized spacial score (nSPS) is 11.6. The van der Waals surface area contributed by atoms with Crippen molar-refractivity contribution in [2.24, 2.45) is 0 Å². The number of amides is 1. The van der Waals surface area contributed by atoms with E-state index >= 15 is 0 Å². The van der Waals surface area contributed by atoms with Gasteiger partial charge < -0.3 is 4.90 Å². The zero-order valence-corrected chi connectivity index (χ0v) is 16.5. The Morgan fingerprint density at radius 2 is 1.25 bits per heavy atom. The highest BCUT2D eigenvalue weighted by molar-refractivity contribution is 7.85. The van der Waals surface area contributed by atoms with Gasteiger partial charge in [-0.15, -0.1) is 0 Å². The molecule has 0 atom stereocenters. The van der Waals surface area contributed by atoms with E-state index in [-0.39, 0.29) is 12.5 Å². The number of carbonyl (C=O) groups excluding carboxylic acids is 1. The molecule has 0 fully saturated rings. The van der Waals surface area contributed by atoms with Crippen LogP contribution in [0.1, 0.15) is 90.4 Å². The van der Waals surface area contributed by atoms with Crippen LogP contribution in [0, 0.1) is 0 Å². The van der Waals surface area contributed by atoms with Crippen LogP contribution < -0.4 is 0 Å². The number of hydrogen-bond donors (Lipinski definition) is 1. The minimum atomic E-state index is -3.99. The smallest absolute Gasteiger partial charge is 0.266 e. The van der Waals surface area contributed by atoms with Crippen LogP contribution in [-0.2, 0) is 14.9 Å². The lowest BCUT2D eigenvalue weighted by Crippen LogP contribution is -2.31. The van der Waals surface area contributed by atoms with E-state index in [4.69, 9.17) is 4.55 Å². The molecule has 0 heterocycles. The fourth-order valence-electron chi connectivity index (χ4n) is 2.69. The molecule has 0 bridgehead atoms. The van der Waals surface area contributed by atoms with E-state index in [2.05, 4.69) is 6.92 Å². The molecule has 1 amide bonds. The average Bonchev–Trinajstić information content (AvgIpc) is 2.52. The van der Waals surface area contributed by atoms with Crippen LogP contribution in [0.15, 0.2) is 0 Å². The lowest BCUT2D eigenvalue weighted by Gasteiger charge is -2.16. The van der Waals surface area contributed by atoms with Crippen LogP contribution in [-0.4, -0.2) is 43.1 Å². The third kappa shape index (κ3) is 16.2. The van der Waals surface area contributed by atoms with Gasteiger partial charge in [-0.1, -0.05) is 77.6 Å². The quantitative estimate of drug-likeness (QED) is 0.325. The van der Waals surface area contributed by atoms with Gasteiger partial charge >= 0.3 is 0 Å². The topological polar surface area (TPSA) is 74.7 Å². The van der Waals surface area contributed by atoms with E-state index in [9.17, 15) is 13.2 Å². The fraction of sp³-hybridized carbons (Fsp3) is 0.944. The molecule has 0 spiro atoms. The van der Waals surface area contributed by atoms with E-state index in [1.54, 1.807) is 7.05 Å². The van der Waals surface area contributed by atoms with Crippen molar-refractivity contribution in [2.45, 2.75) is 90.4 Å². The highest BCUT2D eigenvalue weighted by atomic mass is 32.2. The number of unbranched alkanes of at least 4 members (excludes halogenated alkanes) is 11. The summed E-state index contributed by atoms with van der Waals surface area (Å²) in [6, 6.07) is 0. The molecule has 0 saturated carbocycles. The van der Waals surface area contributed by atoms with Gasteiger partial charge in [-0.3, -0.25) is 9.35 Å². The molecule has 0 aliphatic rings. The molecule has 0 radical (unpaired) electrons. The van der Waals surface area contributed by atoms with E-state index in [1.807, 2.05) is 0 Å². The molecule has 0 saturated heterocycles. The first-order valence-electron chi connectivity index (χ1n) is 9.56. The second-order valence-corrected chi connectivity index (χ2v) is 8.31. The molecule has 1 N–H and O–H groups in total. The Balaban J connectivity index is 3.38.